The Kier molecular flexibility index (Phi) is 4.03. The highest BCUT2D eigenvalue weighted by atomic mass is 16.3. The normalized spacial score (nSPS) is 11.2. The molecule has 0 saturated carbocycles. The molecule has 2 N–H and O–H groups in total. The predicted octanol–water partition coefficient (Wildman–Crippen LogP) is 4.25. The van der Waals surface area contributed by atoms with E-state index in [4.69, 9.17) is 0 Å². The molecule has 0 spiro atoms. The second kappa shape index (κ2) is 5.60. The number of hydrogen-bond donors (Lipinski definition) is 2. The molecule has 0 radical (unpaired) electrons. The average Bonchev–Trinajstić information content (AvgIpc) is 2.43. The Bertz CT molecular complexity index is 652. The standard InChI is InChI=1S/C18H21NO2/c1-12-15(6-5-7-16(12)20)19-17(21)13-8-10-14(11-9-13)18(2,3)4/h5-11,20H,1-4H3,(H,19,21). The minimum atomic E-state index is -0.177. The second-order valence-corrected chi connectivity index (χ2v) is 6.23. The lowest BCUT2D eigenvalue weighted by atomic mass is 9.87. The summed E-state index contributed by atoms with van der Waals surface area (Å²) in [6.07, 6.45) is 0. The van der Waals surface area contributed by atoms with Gasteiger partial charge in [0, 0.05) is 16.8 Å². The van der Waals surface area contributed by atoms with Crippen molar-refractivity contribution in [3.8, 4) is 5.75 Å². The molecule has 2 rings (SSSR count). The number of rotatable bonds is 2. The van der Waals surface area contributed by atoms with Crippen LogP contribution < -0.4 is 5.32 Å². The second-order valence-electron chi connectivity index (χ2n) is 6.23. The van der Waals surface area contributed by atoms with E-state index in [1.54, 1.807) is 25.1 Å². The molecule has 0 heterocycles. The maximum atomic E-state index is 12.2. The Labute approximate surface area is 125 Å². The molecule has 2 aromatic rings. The Morgan fingerprint density at radius 2 is 1.67 bits per heavy atom. The maximum Gasteiger partial charge on any atom is 0.255 e. The molecule has 110 valence electrons. The molecule has 0 aliphatic carbocycles. The van der Waals surface area contributed by atoms with Crippen LogP contribution in [0.2, 0.25) is 0 Å². The minimum Gasteiger partial charge on any atom is -0.508 e. The summed E-state index contributed by atoms with van der Waals surface area (Å²) in [6.45, 7) is 8.18. The van der Waals surface area contributed by atoms with Crippen molar-refractivity contribution in [2.45, 2.75) is 33.1 Å². The van der Waals surface area contributed by atoms with Gasteiger partial charge in [0.15, 0.2) is 0 Å². The van der Waals surface area contributed by atoms with Crippen molar-refractivity contribution in [2.24, 2.45) is 0 Å². The molecule has 0 fully saturated rings. The number of carbonyl (C=O) groups is 1. The Balaban J connectivity index is 2.19. The number of phenolic OH excluding ortho intramolecular Hbond substituents is 1. The molecular weight excluding hydrogens is 262 g/mol. The average molecular weight is 283 g/mol. The van der Waals surface area contributed by atoms with Crippen molar-refractivity contribution in [2.75, 3.05) is 5.32 Å². The van der Waals surface area contributed by atoms with Crippen LogP contribution in [0.4, 0.5) is 5.69 Å². The van der Waals surface area contributed by atoms with Gasteiger partial charge in [0.05, 0.1) is 0 Å². The summed E-state index contributed by atoms with van der Waals surface area (Å²) < 4.78 is 0. The van der Waals surface area contributed by atoms with Crippen molar-refractivity contribution >= 4 is 11.6 Å². The molecule has 0 aliphatic heterocycles. The number of anilines is 1. The number of benzene rings is 2. The van der Waals surface area contributed by atoms with Crippen LogP contribution in [0, 0.1) is 6.92 Å². The third kappa shape index (κ3) is 3.43. The fraction of sp³-hybridized carbons (Fsp3) is 0.278. The van der Waals surface area contributed by atoms with Gasteiger partial charge in [-0.05, 0) is 42.2 Å². The number of amides is 1. The molecule has 0 bridgehead atoms. The highest BCUT2D eigenvalue weighted by molar-refractivity contribution is 6.04. The van der Waals surface area contributed by atoms with E-state index in [1.807, 2.05) is 24.3 Å². The lowest BCUT2D eigenvalue weighted by Gasteiger charge is -2.19. The van der Waals surface area contributed by atoms with Gasteiger partial charge in [0.2, 0.25) is 0 Å². The van der Waals surface area contributed by atoms with Gasteiger partial charge in [-0.3, -0.25) is 4.79 Å². The summed E-state index contributed by atoms with van der Waals surface area (Å²) in [5.74, 6) is 0.0000367. The topological polar surface area (TPSA) is 49.3 Å². The van der Waals surface area contributed by atoms with Crippen LogP contribution in [0.25, 0.3) is 0 Å². The van der Waals surface area contributed by atoms with Crippen molar-refractivity contribution in [1.82, 2.24) is 0 Å². The Morgan fingerprint density at radius 3 is 2.24 bits per heavy atom. The van der Waals surface area contributed by atoms with E-state index in [2.05, 4.69) is 26.1 Å². The van der Waals surface area contributed by atoms with Crippen LogP contribution in [0.1, 0.15) is 42.3 Å². The number of aromatic hydroxyl groups is 1. The van der Waals surface area contributed by atoms with Crippen LogP contribution in [-0.4, -0.2) is 11.0 Å². The summed E-state index contributed by atoms with van der Waals surface area (Å²) in [7, 11) is 0. The maximum absolute atomic E-state index is 12.2. The minimum absolute atomic E-state index is 0.0663. The van der Waals surface area contributed by atoms with Gasteiger partial charge >= 0.3 is 0 Å². The molecule has 2 aromatic carbocycles. The third-order valence-electron chi connectivity index (χ3n) is 3.57. The van der Waals surface area contributed by atoms with Crippen LogP contribution >= 0.6 is 0 Å². The van der Waals surface area contributed by atoms with E-state index in [0.717, 1.165) is 0 Å². The largest absolute Gasteiger partial charge is 0.508 e. The molecule has 0 saturated heterocycles. The van der Waals surface area contributed by atoms with Gasteiger partial charge in [0.1, 0.15) is 5.75 Å². The number of carbonyl (C=O) groups excluding carboxylic acids is 1. The van der Waals surface area contributed by atoms with Crippen molar-refractivity contribution in [1.29, 1.82) is 0 Å². The van der Waals surface area contributed by atoms with Crippen LogP contribution in [0.3, 0.4) is 0 Å². The summed E-state index contributed by atoms with van der Waals surface area (Å²) in [4.78, 5) is 12.2. The lowest BCUT2D eigenvalue weighted by molar-refractivity contribution is 0.102. The smallest absolute Gasteiger partial charge is 0.255 e. The quantitative estimate of drug-likeness (QED) is 0.865. The molecule has 3 heteroatoms. The molecular formula is C18H21NO2. The fourth-order valence-corrected chi connectivity index (χ4v) is 2.07. The molecule has 1 amide bonds. The third-order valence-corrected chi connectivity index (χ3v) is 3.57. The summed E-state index contributed by atoms with van der Waals surface area (Å²) >= 11 is 0. The van der Waals surface area contributed by atoms with Gasteiger partial charge < -0.3 is 10.4 Å². The summed E-state index contributed by atoms with van der Waals surface area (Å²) in [5.41, 5.74) is 3.15. The van der Waals surface area contributed by atoms with E-state index >= 15 is 0 Å². The first kappa shape index (κ1) is 15.1. The first-order valence-electron chi connectivity index (χ1n) is 6.99. The SMILES string of the molecule is Cc1c(O)cccc1NC(=O)c1ccc(C(C)(C)C)cc1. The first-order chi connectivity index (χ1) is 9.79. The van der Waals surface area contributed by atoms with Crippen molar-refractivity contribution in [3.05, 3.63) is 59.2 Å². The van der Waals surface area contributed by atoms with Crippen LogP contribution in [0.5, 0.6) is 5.75 Å². The zero-order valence-corrected chi connectivity index (χ0v) is 12.9. The van der Waals surface area contributed by atoms with E-state index in [-0.39, 0.29) is 17.1 Å². The van der Waals surface area contributed by atoms with Gasteiger partial charge in [-0.15, -0.1) is 0 Å². The lowest BCUT2D eigenvalue weighted by Crippen LogP contribution is -2.14. The monoisotopic (exact) mass is 283 g/mol. The van der Waals surface area contributed by atoms with Crippen molar-refractivity contribution in [3.63, 3.8) is 0 Å². The Hall–Kier alpha value is -2.29. The molecule has 0 atom stereocenters. The molecule has 0 unspecified atom stereocenters. The molecule has 0 aliphatic rings. The number of hydrogen-bond acceptors (Lipinski definition) is 2. The van der Waals surface area contributed by atoms with Crippen molar-refractivity contribution < 1.29 is 9.90 Å². The van der Waals surface area contributed by atoms with Gasteiger partial charge in [-0.1, -0.05) is 39.0 Å². The number of phenols is 1. The molecule has 0 aromatic heterocycles. The molecule has 21 heavy (non-hydrogen) atoms. The highest BCUT2D eigenvalue weighted by Gasteiger charge is 2.14. The first-order valence-corrected chi connectivity index (χ1v) is 6.99. The van der Waals surface area contributed by atoms with E-state index < -0.39 is 0 Å². The van der Waals surface area contributed by atoms with Gasteiger partial charge in [-0.25, -0.2) is 0 Å². The van der Waals surface area contributed by atoms with Gasteiger partial charge in [0.25, 0.3) is 5.91 Å². The highest BCUT2D eigenvalue weighted by Crippen LogP contribution is 2.25. The zero-order valence-electron chi connectivity index (χ0n) is 12.9. The zero-order chi connectivity index (χ0) is 15.6. The molecule has 3 nitrogen and oxygen atoms in total. The summed E-state index contributed by atoms with van der Waals surface area (Å²) in [5, 5.41) is 12.5. The summed E-state index contributed by atoms with van der Waals surface area (Å²) in [6, 6.07) is 12.7. The van der Waals surface area contributed by atoms with E-state index in [0.29, 0.717) is 16.8 Å². The number of nitrogens with one attached hydrogen (secondary N) is 1. The van der Waals surface area contributed by atoms with Crippen LogP contribution in [0.15, 0.2) is 42.5 Å². The van der Waals surface area contributed by atoms with Gasteiger partial charge in [-0.2, -0.15) is 0 Å². The van der Waals surface area contributed by atoms with E-state index in [9.17, 15) is 9.90 Å². The fourth-order valence-electron chi connectivity index (χ4n) is 2.07. The van der Waals surface area contributed by atoms with Crippen LogP contribution in [-0.2, 0) is 5.41 Å². The van der Waals surface area contributed by atoms with E-state index in [1.165, 1.54) is 5.56 Å². The predicted molar refractivity (Wildman–Crippen MR) is 85.9 cm³/mol. The Morgan fingerprint density at radius 1 is 1.05 bits per heavy atom.